The van der Waals surface area contributed by atoms with Gasteiger partial charge in [0.2, 0.25) is 0 Å². The highest BCUT2D eigenvalue weighted by Crippen LogP contribution is 2.32. The van der Waals surface area contributed by atoms with Crippen LogP contribution < -0.4 is 0 Å². The molecule has 0 aromatic heterocycles. The summed E-state index contributed by atoms with van der Waals surface area (Å²) < 4.78 is 0. The van der Waals surface area contributed by atoms with Crippen molar-refractivity contribution in [2.45, 2.75) is 49.9 Å². The maximum Gasteiger partial charge on any atom is 0.0669 e. The fraction of sp³-hybridized carbons (Fsp3) is 1.00. The third-order valence-corrected chi connectivity index (χ3v) is 6.48. The van der Waals surface area contributed by atoms with Crippen molar-refractivity contribution in [1.29, 1.82) is 0 Å². The highest BCUT2D eigenvalue weighted by molar-refractivity contribution is 8.06. The minimum Gasteiger partial charge on any atom is -0.392 e. The lowest BCUT2D eigenvalue weighted by Crippen LogP contribution is -2.31. The normalized spacial score (nSPS) is 31.4. The summed E-state index contributed by atoms with van der Waals surface area (Å²) in [5.41, 5.74) is 0. The standard InChI is InChI=1S/C12H22OS2/c13-11(12-9-14-6-7-15-12)8-10-4-2-1-3-5-10/h10-13H,1-9H2. The van der Waals surface area contributed by atoms with E-state index in [1.54, 1.807) is 0 Å². The van der Waals surface area contributed by atoms with Gasteiger partial charge < -0.3 is 5.11 Å². The summed E-state index contributed by atoms with van der Waals surface area (Å²) in [7, 11) is 0. The summed E-state index contributed by atoms with van der Waals surface area (Å²) >= 11 is 4.00. The van der Waals surface area contributed by atoms with Gasteiger partial charge in [-0.05, 0) is 12.3 Å². The zero-order valence-electron chi connectivity index (χ0n) is 9.36. The predicted octanol–water partition coefficient (Wildman–Crippen LogP) is 3.17. The number of thioether (sulfide) groups is 2. The Kier molecular flexibility index (Phi) is 5.18. The highest BCUT2D eigenvalue weighted by atomic mass is 32.2. The molecule has 1 aliphatic carbocycles. The van der Waals surface area contributed by atoms with Crippen LogP contribution in [0.3, 0.4) is 0 Å². The van der Waals surface area contributed by atoms with Crippen LogP contribution in [0.2, 0.25) is 0 Å². The quantitative estimate of drug-likeness (QED) is 0.826. The lowest BCUT2D eigenvalue weighted by molar-refractivity contribution is 0.132. The van der Waals surface area contributed by atoms with Gasteiger partial charge in [0.25, 0.3) is 0 Å². The van der Waals surface area contributed by atoms with E-state index in [0.717, 1.165) is 12.3 Å². The van der Waals surface area contributed by atoms with E-state index in [0.29, 0.717) is 5.25 Å². The van der Waals surface area contributed by atoms with Crippen molar-refractivity contribution in [3.8, 4) is 0 Å². The van der Waals surface area contributed by atoms with Gasteiger partial charge in [-0.15, -0.1) is 0 Å². The lowest BCUT2D eigenvalue weighted by Gasteiger charge is -2.30. The Morgan fingerprint density at radius 2 is 1.93 bits per heavy atom. The number of hydrogen-bond donors (Lipinski definition) is 1. The first-order chi connectivity index (χ1) is 7.36. The average Bonchev–Trinajstić information content (AvgIpc) is 2.31. The molecule has 2 unspecified atom stereocenters. The minimum atomic E-state index is -0.0362. The molecule has 2 fully saturated rings. The maximum absolute atomic E-state index is 10.2. The molecule has 0 bridgehead atoms. The molecule has 0 amide bonds. The van der Waals surface area contributed by atoms with Crippen molar-refractivity contribution in [3.05, 3.63) is 0 Å². The third kappa shape index (κ3) is 3.86. The summed E-state index contributed by atoms with van der Waals surface area (Å²) in [6, 6.07) is 0. The Bertz CT molecular complexity index is 174. The molecule has 3 heteroatoms. The van der Waals surface area contributed by atoms with E-state index in [4.69, 9.17) is 0 Å². The van der Waals surface area contributed by atoms with Crippen LogP contribution in [-0.4, -0.2) is 33.7 Å². The van der Waals surface area contributed by atoms with E-state index < -0.39 is 0 Å². The smallest absolute Gasteiger partial charge is 0.0669 e. The molecule has 1 N–H and O–H groups in total. The molecule has 2 atom stereocenters. The summed E-state index contributed by atoms with van der Waals surface area (Å²) in [4.78, 5) is 0. The number of hydrogen-bond acceptors (Lipinski definition) is 3. The second-order valence-electron chi connectivity index (χ2n) is 4.79. The molecular formula is C12H22OS2. The molecule has 0 aromatic rings. The molecule has 1 heterocycles. The maximum atomic E-state index is 10.2. The number of rotatable bonds is 3. The Morgan fingerprint density at radius 3 is 2.60 bits per heavy atom. The molecule has 88 valence electrons. The van der Waals surface area contributed by atoms with E-state index in [9.17, 15) is 5.11 Å². The molecule has 2 aliphatic rings. The first-order valence-electron chi connectivity index (χ1n) is 6.23. The van der Waals surface area contributed by atoms with Crippen molar-refractivity contribution in [3.63, 3.8) is 0 Å². The second kappa shape index (κ2) is 6.41. The molecule has 1 nitrogen and oxygen atoms in total. The molecule has 1 saturated carbocycles. The zero-order chi connectivity index (χ0) is 10.5. The van der Waals surface area contributed by atoms with Crippen molar-refractivity contribution in [1.82, 2.24) is 0 Å². The van der Waals surface area contributed by atoms with Crippen LogP contribution in [0, 0.1) is 5.92 Å². The summed E-state index contributed by atoms with van der Waals surface area (Å²) in [5, 5.41) is 10.7. The van der Waals surface area contributed by atoms with Gasteiger partial charge in [-0.25, -0.2) is 0 Å². The highest BCUT2D eigenvalue weighted by Gasteiger charge is 2.26. The lowest BCUT2D eigenvalue weighted by atomic mass is 9.85. The zero-order valence-corrected chi connectivity index (χ0v) is 11.0. The molecular weight excluding hydrogens is 224 g/mol. The van der Waals surface area contributed by atoms with Gasteiger partial charge in [0.1, 0.15) is 0 Å². The molecule has 1 aliphatic heterocycles. The molecule has 1 saturated heterocycles. The third-order valence-electron chi connectivity index (χ3n) is 3.57. The van der Waals surface area contributed by atoms with Crippen LogP contribution in [0.15, 0.2) is 0 Å². The van der Waals surface area contributed by atoms with Gasteiger partial charge in [0.05, 0.1) is 6.10 Å². The Labute approximate surface area is 102 Å². The van der Waals surface area contributed by atoms with Crippen molar-refractivity contribution in [2.24, 2.45) is 5.92 Å². The average molecular weight is 246 g/mol. The van der Waals surface area contributed by atoms with Crippen molar-refractivity contribution < 1.29 is 5.11 Å². The SMILES string of the molecule is OC(CC1CCCCC1)C1CSCCS1. The van der Waals surface area contributed by atoms with Gasteiger partial charge in [0.15, 0.2) is 0 Å². The first-order valence-corrected chi connectivity index (χ1v) is 8.44. The molecule has 0 radical (unpaired) electrons. The van der Waals surface area contributed by atoms with E-state index in [-0.39, 0.29) is 6.10 Å². The van der Waals surface area contributed by atoms with E-state index >= 15 is 0 Å². The van der Waals surface area contributed by atoms with Gasteiger partial charge in [-0.3, -0.25) is 0 Å². The van der Waals surface area contributed by atoms with E-state index in [1.807, 2.05) is 23.5 Å². The molecule has 2 rings (SSSR count). The van der Waals surface area contributed by atoms with Crippen LogP contribution in [0.1, 0.15) is 38.5 Å². The van der Waals surface area contributed by atoms with E-state index in [1.165, 1.54) is 49.4 Å². The largest absolute Gasteiger partial charge is 0.392 e. The Hall–Kier alpha value is 0.660. The van der Waals surface area contributed by atoms with Crippen LogP contribution in [0.5, 0.6) is 0 Å². The van der Waals surface area contributed by atoms with Crippen LogP contribution >= 0.6 is 23.5 Å². The van der Waals surface area contributed by atoms with Gasteiger partial charge in [0, 0.05) is 22.5 Å². The van der Waals surface area contributed by atoms with E-state index in [2.05, 4.69) is 0 Å². The summed E-state index contributed by atoms with van der Waals surface area (Å²) in [5.74, 6) is 4.49. The molecule has 15 heavy (non-hydrogen) atoms. The molecule has 0 aromatic carbocycles. The topological polar surface area (TPSA) is 20.2 Å². The van der Waals surface area contributed by atoms with Crippen molar-refractivity contribution >= 4 is 23.5 Å². The predicted molar refractivity (Wildman–Crippen MR) is 70.8 cm³/mol. The van der Waals surface area contributed by atoms with Gasteiger partial charge in [-0.2, -0.15) is 23.5 Å². The number of aliphatic hydroxyl groups excluding tert-OH is 1. The first kappa shape index (κ1) is 12.1. The van der Waals surface area contributed by atoms with Gasteiger partial charge in [-0.1, -0.05) is 32.1 Å². The summed E-state index contributed by atoms with van der Waals surface area (Å²) in [6.07, 6.45) is 7.96. The second-order valence-corrected chi connectivity index (χ2v) is 7.29. The fourth-order valence-corrected chi connectivity index (χ4v) is 5.43. The fourth-order valence-electron chi connectivity index (χ4n) is 2.64. The van der Waals surface area contributed by atoms with Crippen molar-refractivity contribution in [2.75, 3.05) is 17.3 Å². The van der Waals surface area contributed by atoms with Crippen LogP contribution in [0.25, 0.3) is 0 Å². The summed E-state index contributed by atoms with van der Waals surface area (Å²) in [6.45, 7) is 0. The van der Waals surface area contributed by atoms with Gasteiger partial charge >= 0.3 is 0 Å². The van der Waals surface area contributed by atoms with Crippen LogP contribution in [0.4, 0.5) is 0 Å². The van der Waals surface area contributed by atoms with Crippen LogP contribution in [-0.2, 0) is 0 Å². The Balaban J connectivity index is 1.72. The Morgan fingerprint density at radius 1 is 1.13 bits per heavy atom. The minimum absolute atomic E-state index is 0.0362. The monoisotopic (exact) mass is 246 g/mol. The molecule has 0 spiro atoms. The number of aliphatic hydroxyl groups is 1.